The maximum atomic E-state index is 11.6. The van der Waals surface area contributed by atoms with Gasteiger partial charge in [-0.05, 0) is 48.8 Å². The lowest BCUT2D eigenvalue weighted by molar-refractivity contribution is -0.114. The van der Waals surface area contributed by atoms with Crippen molar-refractivity contribution in [3.05, 3.63) is 24.3 Å². The predicted octanol–water partition coefficient (Wildman–Crippen LogP) is 2.17. The fourth-order valence-electron chi connectivity index (χ4n) is 1.18. The van der Waals surface area contributed by atoms with Crippen molar-refractivity contribution in [3.63, 3.8) is 0 Å². The van der Waals surface area contributed by atoms with Crippen LogP contribution < -0.4 is 4.74 Å². The van der Waals surface area contributed by atoms with Crippen LogP contribution in [0.2, 0.25) is 0 Å². The van der Waals surface area contributed by atoms with Gasteiger partial charge in [-0.1, -0.05) is 6.92 Å². The number of carbonyl (C=O) groups excluding carboxylic acids is 1. The molecule has 88 valence electrons. The van der Waals surface area contributed by atoms with Gasteiger partial charge in [0.15, 0.2) is 16.4 Å². The SMILES string of the molecule is CCCOc1ccc([S+]([O-])CC(C)=O)cc1. The summed E-state index contributed by atoms with van der Waals surface area (Å²) in [7, 11) is 0. The Morgan fingerprint density at radius 3 is 2.50 bits per heavy atom. The van der Waals surface area contributed by atoms with Gasteiger partial charge in [-0.2, -0.15) is 0 Å². The minimum atomic E-state index is -1.23. The molecule has 0 saturated heterocycles. The van der Waals surface area contributed by atoms with Crippen LogP contribution in [-0.2, 0) is 16.0 Å². The maximum absolute atomic E-state index is 11.6. The standard InChI is InChI=1S/C12H16O3S/c1-3-8-15-11-4-6-12(7-5-11)16(14)9-10(2)13/h4-7H,3,8-9H2,1-2H3. The fraction of sp³-hybridized carbons (Fsp3) is 0.417. The number of ether oxygens (including phenoxy) is 1. The molecule has 0 aliphatic rings. The molecule has 3 nitrogen and oxygen atoms in total. The zero-order valence-electron chi connectivity index (χ0n) is 9.56. The number of carbonyl (C=O) groups is 1. The van der Waals surface area contributed by atoms with Gasteiger partial charge < -0.3 is 9.29 Å². The summed E-state index contributed by atoms with van der Waals surface area (Å²) in [4.78, 5) is 11.5. The normalized spacial score (nSPS) is 12.2. The molecule has 1 atom stereocenters. The predicted molar refractivity (Wildman–Crippen MR) is 64.2 cm³/mol. The molecule has 4 heteroatoms. The molecule has 0 N–H and O–H groups in total. The molecule has 16 heavy (non-hydrogen) atoms. The van der Waals surface area contributed by atoms with Gasteiger partial charge in [0.2, 0.25) is 0 Å². The first kappa shape index (κ1) is 13.1. The first-order valence-electron chi connectivity index (χ1n) is 5.24. The lowest BCUT2D eigenvalue weighted by atomic mass is 10.3. The Morgan fingerprint density at radius 2 is 2.00 bits per heavy atom. The largest absolute Gasteiger partial charge is 0.611 e. The third kappa shape index (κ3) is 4.24. The van der Waals surface area contributed by atoms with Crippen molar-refractivity contribution >= 4 is 17.0 Å². The summed E-state index contributed by atoms with van der Waals surface area (Å²) in [6, 6.07) is 7.04. The van der Waals surface area contributed by atoms with Crippen molar-refractivity contribution in [2.75, 3.05) is 12.4 Å². The van der Waals surface area contributed by atoms with Crippen LogP contribution in [0.4, 0.5) is 0 Å². The molecule has 0 aliphatic heterocycles. The molecule has 0 saturated carbocycles. The summed E-state index contributed by atoms with van der Waals surface area (Å²) >= 11 is -1.23. The van der Waals surface area contributed by atoms with Crippen LogP contribution in [0.1, 0.15) is 20.3 Å². The number of Topliss-reactive ketones (excluding diaryl/α,β-unsaturated/α-hetero) is 1. The number of benzene rings is 1. The molecule has 0 radical (unpaired) electrons. The van der Waals surface area contributed by atoms with Crippen molar-refractivity contribution in [2.45, 2.75) is 25.2 Å². The third-order valence-electron chi connectivity index (χ3n) is 1.89. The van der Waals surface area contributed by atoms with E-state index in [1.807, 2.05) is 6.92 Å². The van der Waals surface area contributed by atoms with Crippen LogP contribution in [0.15, 0.2) is 29.2 Å². The van der Waals surface area contributed by atoms with Crippen molar-refractivity contribution in [1.82, 2.24) is 0 Å². The Morgan fingerprint density at radius 1 is 1.38 bits per heavy atom. The van der Waals surface area contributed by atoms with Crippen molar-refractivity contribution in [2.24, 2.45) is 0 Å². The molecular weight excluding hydrogens is 224 g/mol. The molecule has 1 aromatic rings. The first-order valence-corrected chi connectivity index (χ1v) is 6.56. The van der Waals surface area contributed by atoms with Gasteiger partial charge in [0.1, 0.15) is 5.75 Å². The van der Waals surface area contributed by atoms with E-state index < -0.39 is 11.2 Å². The molecule has 0 spiro atoms. The Balaban J connectivity index is 2.59. The zero-order chi connectivity index (χ0) is 12.0. The van der Waals surface area contributed by atoms with Gasteiger partial charge in [0, 0.05) is 0 Å². The minimum absolute atomic E-state index is 0.0651. The first-order chi connectivity index (χ1) is 7.63. The molecule has 0 aliphatic carbocycles. The van der Waals surface area contributed by atoms with Gasteiger partial charge in [-0.15, -0.1) is 0 Å². The fourth-order valence-corrected chi connectivity index (χ4v) is 2.15. The van der Waals surface area contributed by atoms with E-state index >= 15 is 0 Å². The minimum Gasteiger partial charge on any atom is -0.611 e. The highest BCUT2D eigenvalue weighted by molar-refractivity contribution is 7.92. The molecule has 1 rings (SSSR count). The zero-order valence-corrected chi connectivity index (χ0v) is 10.4. The number of rotatable bonds is 6. The van der Waals surface area contributed by atoms with E-state index in [2.05, 4.69) is 0 Å². The summed E-state index contributed by atoms with van der Waals surface area (Å²) in [5.74, 6) is 0.782. The Bertz CT molecular complexity index is 335. The topological polar surface area (TPSA) is 49.4 Å². The second-order valence-corrected chi connectivity index (χ2v) is 4.96. The number of hydrogen-bond donors (Lipinski definition) is 0. The van der Waals surface area contributed by atoms with E-state index in [0.29, 0.717) is 11.5 Å². The smallest absolute Gasteiger partial charge is 0.179 e. The van der Waals surface area contributed by atoms with Gasteiger partial charge >= 0.3 is 0 Å². The molecule has 0 bridgehead atoms. The molecule has 0 heterocycles. The summed E-state index contributed by atoms with van der Waals surface area (Å²) in [6.45, 7) is 4.16. The molecule has 0 fully saturated rings. The van der Waals surface area contributed by atoms with Crippen LogP contribution in [0.25, 0.3) is 0 Å². The number of hydrogen-bond acceptors (Lipinski definition) is 3. The van der Waals surface area contributed by atoms with Gasteiger partial charge in [-0.3, -0.25) is 4.79 Å². The maximum Gasteiger partial charge on any atom is 0.179 e. The Kier molecular flexibility index (Phi) is 5.35. The van der Waals surface area contributed by atoms with Crippen LogP contribution in [0.3, 0.4) is 0 Å². The second-order valence-electron chi connectivity index (χ2n) is 3.51. The van der Waals surface area contributed by atoms with Gasteiger partial charge in [-0.25, -0.2) is 0 Å². The highest BCUT2D eigenvalue weighted by Crippen LogP contribution is 2.17. The lowest BCUT2D eigenvalue weighted by Crippen LogP contribution is -2.13. The average Bonchev–Trinajstić information content (AvgIpc) is 2.26. The van der Waals surface area contributed by atoms with Crippen molar-refractivity contribution in [3.8, 4) is 5.75 Å². The van der Waals surface area contributed by atoms with E-state index in [0.717, 1.165) is 12.2 Å². The van der Waals surface area contributed by atoms with Crippen LogP contribution in [0, 0.1) is 0 Å². The van der Waals surface area contributed by atoms with E-state index in [9.17, 15) is 9.35 Å². The second kappa shape index (κ2) is 6.55. The summed E-state index contributed by atoms with van der Waals surface area (Å²) in [5, 5.41) is 0. The summed E-state index contributed by atoms with van der Waals surface area (Å²) in [6.07, 6.45) is 0.956. The number of ketones is 1. The van der Waals surface area contributed by atoms with Crippen LogP contribution in [0.5, 0.6) is 5.75 Å². The lowest BCUT2D eigenvalue weighted by Gasteiger charge is -2.09. The molecule has 0 amide bonds. The average molecular weight is 240 g/mol. The van der Waals surface area contributed by atoms with E-state index in [4.69, 9.17) is 4.74 Å². The van der Waals surface area contributed by atoms with Gasteiger partial charge in [0.25, 0.3) is 0 Å². The molecular formula is C12H16O3S. The highest BCUT2D eigenvalue weighted by atomic mass is 32.2. The van der Waals surface area contributed by atoms with Crippen LogP contribution in [-0.4, -0.2) is 22.7 Å². The Hall–Kier alpha value is -1.00. The molecule has 1 unspecified atom stereocenters. The van der Waals surface area contributed by atoms with Crippen molar-refractivity contribution in [1.29, 1.82) is 0 Å². The summed E-state index contributed by atoms with van der Waals surface area (Å²) < 4.78 is 17.0. The molecule has 1 aromatic carbocycles. The van der Waals surface area contributed by atoms with Crippen molar-refractivity contribution < 1.29 is 14.1 Å². The highest BCUT2D eigenvalue weighted by Gasteiger charge is 2.13. The van der Waals surface area contributed by atoms with Gasteiger partial charge in [0.05, 0.1) is 6.61 Å². The quantitative estimate of drug-likeness (QED) is 0.716. The van der Waals surface area contributed by atoms with Crippen LogP contribution >= 0.6 is 0 Å². The summed E-state index contributed by atoms with van der Waals surface area (Å²) in [5.41, 5.74) is 0. The monoisotopic (exact) mass is 240 g/mol. The third-order valence-corrected chi connectivity index (χ3v) is 3.36. The van der Waals surface area contributed by atoms with E-state index in [1.54, 1.807) is 24.3 Å². The van der Waals surface area contributed by atoms with E-state index in [1.165, 1.54) is 6.92 Å². The Labute approximate surface area is 99.0 Å². The molecule has 0 aromatic heterocycles. The van der Waals surface area contributed by atoms with E-state index in [-0.39, 0.29) is 11.5 Å².